The van der Waals surface area contributed by atoms with Crippen molar-refractivity contribution < 1.29 is 13.2 Å². The van der Waals surface area contributed by atoms with Gasteiger partial charge in [0.05, 0.1) is 31.1 Å². The summed E-state index contributed by atoms with van der Waals surface area (Å²) in [5.41, 5.74) is 1.65. The van der Waals surface area contributed by atoms with Crippen molar-refractivity contribution in [3.05, 3.63) is 90.2 Å². The standard InChI is InChI=1S/C20H17FN2O2/c21-17-10-15-4-1-7-22-20(15)16(11-17)12-23(13-18-5-2-8-24-18)14-19-6-3-9-25-19/h1-11H,12-14H2. The average Bonchev–Trinajstić information content (AvgIpc) is 3.28. The number of furan rings is 2. The van der Waals surface area contributed by atoms with Gasteiger partial charge in [-0.1, -0.05) is 6.07 Å². The SMILES string of the molecule is Fc1cc(CN(Cc2ccco2)Cc2ccco2)c2ncccc2c1. The Bertz CT molecular complexity index is 913. The summed E-state index contributed by atoms with van der Waals surface area (Å²) in [6.45, 7) is 1.73. The zero-order valence-electron chi connectivity index (χ0n) is 13.6. The van der Waals surface area contributed by atoms with E-state index in [-0.39, 0.29) is 5.82 Å². The smallest absolute Gasteiger partial charge is 0.124 e. The highest BCUT2D eigenvalue weighted by atomic mass is 19.1. The van der Waals surface area contributed by atoms with Gasteiger partial charge in [0.25, 0.3) is 0 Å². The Kier molecular flexibility index (Phi) is 4.31. The largest absolute Gasteiger partial charge is 0.468 e. The van der Waals surface area contributed by atoms with Crippen molar-refractivity contribution in [3.8, 4) is 0 Å². The van der Waals surface area contributed by atoms with Crippen LogP contribution in [0.3, 0.4) is 0 Å². The third-order valence-corrected chi connectivity index (χ3v) is 4.06. The molecule has 0 radical (unpaired) electrons. The van der Waals surface area contributed by atoms with Crippen LogP contribution in [-0.4, -0.2) is 9.88 Å². The monoisotopic (exact) mass is 336 g/mol. The number of pyridine rings is 1. The maximum absolute atomic E-state index is 14.0. The van der Waals surface area contributed by atoms with Crippen LogP contribution in [0.2, 0.25) is 0 Å². The molecular weight excluding hydrogens is 319 g/mol. The second kappa shape index (κ2) is 6.91. The quantitative estimate of drug-likeness (QED) is 0.509. The highest BCUT2D eigenvalue weighted by Gasteiger charge is 2.14. The maximum atomic E-state index is 14.0. The molecule has 0 aliphatic heterocycles. The molecule has 4 rings (SSSR count). The third-order valence-electron chi connectivity index (χ3n) is 4.06. The maximum Gasteiger partial charge on any atom is 0.124 e. The molecule has 0 fully saturated rings. The lowest BCUT2D eigenvalue weighted by Crippen LogP contribution is -2.22. The minimum Gasteiger partial charge on any atom is -0.468 e. The zero-order chi connectivity index (χ0) is 17.1. The first-order valence-corrected chi connectivity index (χ1v) is 8.08. The van der Waals surface area contributed by atoms with Gasteiger partial charge in [-0.3, -0.25) is 9.88 Å². The van der Waals surface area contributed by atoms with Gasteiger partial charge in [-0.05, 0) is 48.0 Å². The molecule has 3 heterocycles. The Morgan fingerprint density at radius 3 is 2.24 bits per heavy atom. The van der Waals surface area contributed by atoms with Crippen molar-refractivity contribution in [2.45, 2.75) is 19.6 Å². The molecule has 4 aromatic rings. The Morgan fingerprint density at radius 2 is 1.60 bits per heavy atom. The van der Waals surface area contributed by atoms with E-state index >= 15 is 0 Å². The van der Waals surface area contributed by atoms with Crippen molar-refractivity contribution in [1.82, 2.24) is 9.88 Å². The van der Waals surface area contributed by atoms with Crippen molar-refractivity contribution in [2.24, 2.45) is 0 Å². The molecule has 3 aromatic heterocycles. The number of aromatic nitrogens is 1. The summed E-state index contributed by atoms with van der Waals surface area (Å²) < 4.78 is 25.0. The summed E-state index contributed by atoms with van der Waals surface area (Å²) >= 11 is 0. The van der Waals surface area contributed by atoms with E-state index in [0.717, 1.165) is 28.0 Å². The fourth-order valence-corrected chi connectivity index (χ4v) is 3.00. The molecule has 0 spiro atoms. The molecule has 25 heavy (non-hydrogen) atoms. The van der Waals surface area contributed by atoms with Gasteiger partial charge in [0.1, 0.15) is 17.3 Å². The number of hydrogen-bond donors (Lipinski definition) is 0. The van der Waals surface area contributed by atoms with E-state index in [1.54, 1.807) is 24.8 Å². The lowest BCUT2D eigenvalue weighted by molar-refractivity contribution is 0.210. The van der Waals surface area contributed by atoms with Gasteiger partial charge in [0, 0.05) is 18.1 Å². The number of fused-ring (bicyclic) bond motifs is 1. The number of rotatable bonds is 6. The lowest BCUT2D eigenvalue weighted by Gasteiger charge is -2.21. The van der Waals surface area contributed by atoms with Gasteiger partial charge in [-0.15, -0.1) is 0 Å². The van der Waals surface area contributed by atoms with E-state index in [0.29, 0.717) is 19.6 Å². The Morgan fingerprint density at radius 1 is 0.880 bits per heavy atom. The van der Waals surface area contributed by atoms with E-state index in [1.807, 2.05) is 36.4 Å². The fraction of sp³-hybridized carbons (Fsp3) is 0.150. The molecule has 4 nitrogen and oxygen atoms in total. The Labute approximate surface area is 144 Å². The minimum atomic E-state index is -0.258. The third kappa shape index (κ3) is 3.61. The summed E-state index contributed by atoms with van der Waals surface area (Å²) in [6.07, 6.45) is 5.03. The molecule has 126 valence electrons. The van der Waals surface area contributed by atoms with Gasteiger partial charge in [0.2, 0.25) is 0 Å². The van der Waals surface area contributed by atoms with Gasteiger partial charge in [-0.25, -0.2) is 4.39 Å². The number of hydrogen-bond acceptors (Lipinski definition) is 4. The first kappa shape index (κ1) is 15.6. The Balaban J connectivity index is 1.65. The van der Waals surface area contributed by atoms with E-state index in [4.69, 9.17) is 8.83 Å². The van der Waals surface area contributed by atoms with Crippen LogP contribution >= 0.6 is 0 Å². The van der Waals surface area contributed by atoms with Gasteiger partial charge >= 0.3 is 0 Å². The molecule has 0 saturated heterocycles. The number of benzene rings is 1. The van der Waals surface area contributed by atoms with Gasteiger partial charge < -0.3 is 8.83 Å². The molecule has 0 atom stereocenters. The van der Waals surface area contributed by atoms with Crippen LogP contribution in [0.1, 0.15) is 17.1 Å². The van der Waals surface area contributed by atoms with Crippen molar-refractivity contribution in [2.75, 3.05) is 0 Å². The van der Waals surface area contributed by atoms with Gasteiger partial charge in [-0.2, -0.15) is 0 Å². The molecular formula is C20H17FN2O2. The van der Waals surface area contributed by atoms with E-state index in [9.17, 15) is 4.39 Å². The first-order valence-electron chi connectivity index (χ1n) is 8.08. The van der Waals surface area contributed by atoms with E-state index in [2.05, 4.69) is 9.88 Å². The second-order valence-electron chi connectivity index (χ2n) is 5.94. The van der Waals surface area contributed by atoms with Crippen molar-refractivity contribution >= 4 is 10.9 Å². The number of halogens is 1. The summed E-state index contributed by atoms with van der Waals surface area (Å²) in [7, 11) is 0. The fourth-order valence-electron chi connectivity index (χ4n) is 3.00. The van der Waals surface area contributed by atoms with Crippen LogP contribution < -0.4 is 0 Å². The molecule has 0 saturated carbocycles. The molecule has 0 N–H and O–H groups in total. The summed E-state index contributed by atoms with van der Waals surface area (Å²) in [4.78, 5) is 6.57. The lowest BCUT2D eigenvalue weighted by atomic mass is 10.1. The van der Waals surface area contributed by atoms with Crippen LogP contribution in [0.15, 0.2) is 76.1 Å². The average molecular weight is 336 g/mol. The van der Waals surface area contributed by atoms with Crippen LogP contribution in [-0.2, 0) is 19.6 Å². The first-order chi connectivity index (χ1) is 12.3. The highest BCUT2D eigenvalue weighted by Crippen LogP contribution is 2.22. The van der Waals surface area contributed by atoms with E-state index in [1.165, 1.54) is 6.07 Å². The molecule has 1 aromatic carbocycles. The molecule has 0 unspecified atom stereocenters. The second-order valence-corrected chi connectivity index (χ2v) is 5.94. The highest BCUT2D eigenvalue weighted by molar-refractivity contribution is 5.81. The minimum absolute atomic E-state index is 0.258. The molecule has 5 heteroatoms. The topological polar surface area (TPSA) is 42.4 Å². The van der Waals surface area contributed by atoms with Crippen LogP contribution in [0.5, 0.6) is 0 Å². The summed E-state index contributed by atoms with van der Waals surface area (Å²) in [6, 6.07) is 14.3. The molecule has 0 aliphatic rings. The summed E-state index contributed by atoms with van der Waals surface area (Å²) in [5, 5.41) is 0.799. The number of nitrogens with zero attached hydrogens (tertiary/aromatic N) is 2. The van der Waals surface area contributed by atoms with E-state index < -0.39 is 0 Å². The zero-order valence-corrected chi connectivity index (χ0v) is 13.6. The molecule has 0 amide bonds. The molecule has 0 bridgehead atoms. The normalized spacial score (nSPS) is 11.4. The van der Waals surface area contributed by atoms with Crippen LogP contribution in [0, 0.1) is 5.82 Å². The predicted molar refractivity (Wildman–Crippen MR) is 92.1 cm³/mol. The van der Waals surface area contributed by atoms with Crippen molar-refractivity contribution in [1.29, 1.82) is 0 Å². The Hall–Kier alpha value is -2.92. The summed E-state index contributed by atoms with van der Waals surface area (Å²) in [5.74, 6) is 1.44. The van der Waals surface area contributed by atoms with Crippen LogP contribution in [0.4, 0.5) is 4.39 Å². The van der Waals surface area contributed by atoms with Crippen molar-refractivity contribution in [3.63, 3.8) is 0 Å². The van der Waals surface area contributed by atoms with Gasteiger partial charge in [0.15, 0.2) is 0 Å². The van der Waals surface area contributed by atoms with Crippen LogP contribution in [0.25, 0.3) is 10.9 Å². The predicted octanol–water partition coefficient (Wildman–Crippen LogP) is 4.76. The molecule has 0 aliphatic carbocycles.